The smallest absolute Gasteiger partial charge is 0.135 e. The van der Waals surface area contributed by atoms with Crippen molar-refractivity contribution in [3.05, 3.63) is 200 Å². The topological polar surface area (TPSA) is 16.4 Å². The second kappa shape index (κ2) is 12.9. The Bertz CT molecular complexity index is 3190. The lowest BCUT2D eigenvalue weighted by molar-refractivity contribution is 0.669. The van der Waals surface area contributed by atoms with Gasteiger partial charge in [0.15, 0.2) is 0 Å². The summed E-state index contributed by atoms with van der Waals surface area (Å²) >= 11 is 1.87. The number of fused-ring (bicyclic) bond motifs is 7. The van der Waals surface area contributed by atoms with Gasteiger partial charge in [0, 0.05) is 37.6 Å². The molecule has 9 aromatic carbocycles. The molecule has 0 atom stereocenters. The number of nitrogens with zero attached hydrogens (tertiary/aromatic N) is 1. The summed E-state index contributed by atoms with van der Waals surface area (Å²) in [6.07, 6.45) is 0. The van der Waals surface area contributed by atoms with Crippen molar-refractivity contribution in [2.24, 2.45) is 0 Å². The molecule has 0 spiro atoms. The third kappa shape index (κ3) is 5.40. The molecule has 0 amide bonds. The summed E-state index contributed by atoms with van der Waals surface area (Å²) in [4.78, 5) is 2.42. The van der Waals surface area contributed by atoms with Gasteiger partial charge in [0.05, 0.1) is 10.4 Å². The summed E-state index contributed by atoms with van der Waals surface area (Å²) in [6.45, 7) is 0. The van der Waals surface area contributed by atoms with Gasteiger partial charge in [0.2, 0.25) is 0 Å². The van der Waals surface area contributed by atoms with E-state index in [2.05, 4.69) is 193 Å². The number of rotatable bonds is 6. The van der Waals surface area contributed by atoms with E-state index in [1.54, 1.807) is 0 Å². The van der Waals surface area contributed by atoms with Crippen molar-refractivity contribution >= 4 is 81.3 Å². The first-order chi connectivity index (χ1) is 27.2. The quantitative estimate of drug-likeness (QED) is 0.170. The largest absolute Gasteiger partial charge is 0.456 e. The average molecular weight is 720 g/mol. The van der Waals surface area contributed by atoms with Crippen molar-refractivity contribution < 1.29 is 4.42 Å². The lowest BCUT2D eigenvalue weighted by Crippen LogP contribution is -2.10. The molecule has 55 heavy (non-hydrogen) atoms. The van der Waals surface area contributed by atoms with E-state index in [1.807, 2.05) is 23.5 Å². The van der Waals surface area contributed by atoms with Crippen LogP contribution in [0.2, 0.25) is 0 Å². The molecule has 0 aliphatic heterocycles. The van der Waals surface area contributed by atoms with Gasteiger partial charge in [-0.15, -0.1) is 11.3 Å². The lowest BCUT2D eigenvalue weighted by atomic mass is 9.98. The average Bonchev–Trinajstić information content (AvgIpc) is 3.83. The van der Waals surface area contributed by atoms with Crippen LogP contribution in [0.25, 0.3) is 86.3 Å². The van der Waals surface area contributed by atoms with Gasteiger partial charge in [-0.05, 0) is 105 Å². The van der Waals surface area contributed by atoms with Crippen LogP contribution in [0.5, 0.6) is 0 Å². The molecular formula is C52H33NOS. The molecular weight excluding hydrogens is 687 g/mol. The van der Waals surface area contributed by atoms with Crippen molar-refractivity contribution in [2.45, 2.75) is 0 Å². The van der Waals surface area contributed by atoms with Gasteiger partial charge < -0.3 is 9.32 Å². The maximum absolute atomic E-state index is 6.14. The first-order valence-corrected chi connectivity index (χ1v) is 19.5. The maximum Gasteiger partial charge on any atom is 0.135 e. The number of benzene rings is 9. The van der Waals surface area contributed by atoms with Crippen LogP contribution in [0.1, 0.15) is 0 Å². The fourth-order valence-corrected chi connectivity index (χ4v) is 9.39. The van der Waals surface area contributed by atoms with Crippen LogP contribution < -0.4 is 4.90 Å². The molecule has 2 nitrogen and oxygen atoms in total. The molecule has 11 rings (SSSR count). The second-order valence-corrected chi connectivity index (χ2v) is 15.2. The van der Waals surface area contributed by atoms with Gasteiger partial charge in [0.25, 0.3) is 0 Å². The zero-order chi connectivity index (χ0) is 36.3. The van der Waals surface area contributed by atoms with Gasteiger partial charge in [-0.2, -0.15) is 0 Å². The normalized spacial score (nSPS) is 11.6. The van der Waals surface area contributed by atoms with E-state index in [1.165, 1.54) is 53.2 Å². The Morgan fingerprint density at radius 1 is 0.382 bits per heavy atom. The van der Waals surface area contributed by atoms with Gasteiger partial charge in [-0.3, -0.25) is 0 Å². The standard InChI is InChI=1S/C52H33NOS/c1-2-11-37(12-3-1)43-29-30-47(52-51(43)45-15-7-9-17-50(45)55-52)53(41-25-20-35(21-26-41)39-19-18-34-10-4-5-13-38(34)32-39)42-27-22-36(23-28-42)40-24-31-49-46(33-40)44-14-6-8-16-48(44)54-49/h1-33H. The highest BCUT2D eigenvalue weighted by Gasteiger charge is 2.21. The van der Waals surface area contributed by atoms with Crippen molar-refractivity contribution in [3.8, 4) is 33.4 Å². The minimum absolute atomic E-state index is 0.909. The summed E-state index contributed by atoms with van der Waals surface area (Å²) < 4.78 is 8.68. The van der Waals surface area contributed by atoms with Crippen LogP contribution in [0.3, 0.4) is 0 Å². The molecule has 2 heterocycles. The van der Waals surface area contributed by atoms with E-state index in [4.69, 9.17) is 4.42 Å². The van der Waals surface area contributed by atoms with E-state index in [9.17, 15) is 0 Å². The zero-order valence-corrected chi connectivity index (χ0v) is 30.6. The van der Waals surface area contributed by atoms with Gasteiger partial charge in [0.1, 0.15) is 11.2 Å². The Hall–Kier alpha value is -6.94. The predicted molar refractivity (Wildman–Crippen MR) is 235 cm³/mol. The molecule has 0 bridgehead atoms. The summed E-state index contributed by atoms with van der Waals surface area (Å²) in [5.74, 6) is 0. The van der Waals surface area contributed by atoms with Gasteiger partial charge in [-0.1, -0.05) is 140 Å². The molecule has 0 aliphatic carbocycles. The van der Waals surface area contributed by atoms with Crippen molar-refractivity contribution in [1.29, 1.82) is 0 Å². The molecule has 0 saturated carbocycles. The summed E-state index contributed by atoms with van der Waals surface area (Å²) in [5.41, 5.74) is 12.4. The Morgan fingerprint density at radius 2 is 0.982 bits per heavy atom. The fraction of sp³-hybridized carbons (Fsp3) is 0. The Kier molecular flexibility index (Phi) is 7.39. The van der Waals surface area contributed by atoms with E-state index in [-0.39, 0.29) is 0 Å². The Balaban J connectivity index is 1.07. The van der Waals surface area contributed by atoms with Crippen molar-refractivity contribution in [2.75, 3.05) is 4.90 Å². The number of thiophene rings is 1. The number of hydrogen-bond acceptors (Lipinski definition) is 3. The molecule has 0 N–H and O–H groups in total. The summed E-state index contributed by atoms with van der Waals surface area (Å²) in [7, 11) is 0. The highest BCUT2D eigenvalue weighted by atomic mass is 32.1. The minimum atomic E-state index is 0.909. The molecule has 258 valence electrons. The Morgan fingerprint density at radius 3 is 1.76 bits per heavy atom. The number of furan rings is 1. The van der Waals surface area contributed by atoms with Gasteiger partial charge in [-0.25, -0.2) is 0 Å². The number of para-hydroxylation sites is 1. The number of hydrogen-bond donors (Lipinski definition) is 0. The van der Waals surface area contributed by atoms with Crippen LogP contribution in [0, 0.1) is 0 Å². The van der Waals surface area contributed by atoms with E-state index < -0.39 is 0 Å². The fourth-order valence-electron chi connectivity index (χ4n) is 8.16. The SMILES string of the molecule is c1ccc(-c2ccc(N(c3ccc(-c4ccc5ccccc5c4)cc3)c3ccc(-c4ccc5oc6ccccc6c5c4)cc3)c3sc4ccccc4c23)cc1. The molecule has 0 aliphatic rings. The minimum Gasteiger partial charge on any atom is -0.456 e. The second-order valence-electron chi connectivity index (χ2n) is 14.1. The third-order valence-corrected chi connectivity index (χ3v) is 12.1. The summed E-state index contributed by atoms with van der Waals surface area (Å²) in [6, 6.07) is 72.3. The summed E-state index contributed by atoms with van der Waals surface area (Å²) in [5, 5.41) is 7.35. The van der Waals surface area contributed by atoms with E-state index in [0.717, 1.165) is 50.1 Å². The molecule has 0 radical (unpaired) electrons. The van der Waals surface area contributed by atoms with Crippen LogP contribution >= 0.6 is 11.3 Å². The van der Waals surface area contributed by atoms with Gasteiger partial charge >= 0.3 is 0 Å². The maximum atomic E-state index is 6.14. The Labute approximate surface area is 322 Å². The predicted octanol–water partition coefficient (Wildman–Crippen LogP) is 15.6. The first kappa shape index (κ1) is 31.6. The van der Waals surface area contributed by atoms with E-state index in [0.29, 0.717) is 0 Å². The van der Waals surface area contributed by atoms with Crippen molar-refractivity contribution in [3.63, 3.8) is 0 Å². The van der Waals surface area contributed by atoms with Crippen LogP contribution in [-0.4, -0.2) is 0 Å². The molecule has 11 aromatic rings. The van der Waals surface area contributed by atoms with Crippen LogP contribution in [0.4, 0.5) is 17.1 Å². The third-order valence-electron chi connectivity index (χ3n) is 10.9. The monoisotopic (exact) mass is 719 g/mol. The molecule has 2 aromatic heterocycles. The first-order valence-electron chi connectivity index (χ1n) is 18.7. The lowest BCUT2D eigenvalue weighted by Gasteiger charge is -2.27. The zero-order valence-electron chi connectivity index (χ0n) is 29.8. The van der Waals surface area contributed by atoms with Crippen LogP contribution in [0.15, 0.2) is 205 Å². The highest BCUT2D eigenvalue weighted by molar-refractivity contribution is 7.26. The van der Waals surface area contributed by atoms with Crippen LogP contribution in [-0.2, 0) is 0 Å². The molecule has 0 saturated heterocycles. The molecule has 3 heteroatoms. The molecule has 0 fully saturated rings. The van der Waals surface area contributed by atoms with Crippen molar-refractivity contribution in [1.82, 2.24) is 0 Å². The highest BCUT2D eigenvalue weighted by Crippen LogP contribution is 2.48. The number of anilines is 3. The van der Waals surface area contributed by atoms with E-state index >= 15 is 0 Å². The molecule has 0 unspecified atom stereocenters.